The van der Waals surface area contributed by atoms with Gasteiger partial charge < -0.3 is 9.84 Å². The molecule has 2 aromatic carbocycles. The molecule has 0 spiro atoms. The molecule has 1 N–H and O–H groups in total. The molecule has 0 atom stereocenters. The maximum absolute atomic E-state index is 12.6. The van der Waals surface area contributed by atoms with E-state index in [1.54, 1.807) is 18.2 Å². The third-order valence-electron chi connectivity index (χ3n) is 4.63. The van der Waals surface area contributed by atoms with Gasteiger partial charge >= 0.3 is 0 Å². The molecule has 0 unspecified atom stereocenters. The fourth-order valence-corrected chi connectivity index (χ4v) is 3.09. The number of benzene rings is 2. The number of hydrogen-bond acceptors (Lipinski definition) is 3. The molecule has 2 aromatic rings. The molecule has 0 aliphatic carbocycles. The van der Waals surface area contributed by atoms with E-state index in [2.05, 4.69) is 6.92 Å². The van der Waals surface area contributed by atoms with Gasteiger partial charge in [-0.2, -0.15) is 0 Å². The molecule has 0 heterocycles. The number of hydrogen-bond donors (Lipinski definition) is 1. The lowest BCUT2D eigenvalue weighted by Gasteiger charge is -2.14. The van der Waals surface area contributed by atoms with Gasteiger partial charge in [-0.05, 0) is 25.0 Å². The van der Waals surface area contributed by atoms with E-state index in [-0.39, 0.29) is 11.5 Å². The Balaban J connectivity index is 2.01. The molecule has 0 aliphatic rings. The number of carbonyl (C=O) groups excluding carboxylic acids is 1. The van der Waals surface area contributed by atoms with Crippen LogP contribution in [0.15, 0.2) is 42.5 Å². The number of ether oxygens (including phenoxy) is 1. The number of phenols is 1. The van der Waals surface area contributed by atoms with Crippen molar-refractivity contribution in [3.63, 3.8) is 0 Å². The van der Waals surface area contributed by atoms with Crippen molar-refractivity contribution >= 4 is 5.78 Å². The topological polar surface area (TPSA) is 46.5 Å². The molecule has 0 bridgehead atoms. The number of rotatable bonds is 11. The first kappa shape index (κ1) is 20.0. The van der Waals surface area contributed by atoms with E-state index in [1.165, 1.54) is 25.7 Å². The second-order valence-electron chi connectivity index (χ2n) is 6.60. The van der Waals surface area contributed by atoms with Crippen LogP contribution in [0.5, 0.6) is 11.5 Å². The Morgan fingerprint density at radius 3 is 2.31 bits per heavy atom. The summed E-state index contributed by atoms with van der Waals surface area (Å²) in [6, 6.07) is 12.5. The fourth-order valence-electron chi connectivity index (χ4n) is 3.09. The monoisotopic (exact) mass is 354 g/mol. The lowest BCUT2D eigenvalue weighted by Crippen LogP contribution is -2.05. The van der Waals surface area contributed by atoms with Gasteiger partial charge in [0.1, 0.15) is 11.5 Å². The highest BCUT2D eigenvalue weighted by atomic mass is 16.5. The number of ketones is 1. The second-order valence-corrected chi connectivity index (χ2v) is 6.60. The smallest absolute Gasteiger partial charge is 0.196 e. The zero-order valence-electron chi connectivity index (χ0n) is 16.0. The van der Waals surface area contributed by atoms with Crippen LogP contribution in [0.3, 0.4) is 0 Å². The van der Waals surface area contributed by atoms with E-state index in [4.69, 9.17) is 4.74 Å². The van der Waals surface area contributed by atoms with Gasteiger partial charge in [0.05, 0.1) is 12.2 Å². The van der Waals surface area contributed by atoms with Crippen molar-refractivity contribution in [3.8, 4) is 11.5 Å². The summed E-state index contributed by atoms with van der Waals surface area (Å²) in [6.45, 7) is 4.82. The first-order chi connectivity index (χ1) is 12.7. The van der Waals surface area contributed by atoms with E-state index in [0.29, 0.717) is 35.5 Å². The van der Waals surface area contributed by atoms with Crippen molar-refractivity contribution < 1.29 is 14.6 Å². The molecular weight excluding hydrogens is 324 g/mol. The van der Waals surface area contributed by atoms with Crippen molar-refractivity contribution in [1.82, 2.24) is 0 Å². The SMILES string of the molecule is CCCCCCCCOc1ccc(C(=O)c2ccccc2)c(O)c1CC. The fraction of sp³-hybridized carbons (Fsp3) is 0.435. The summed E-state index contributed by atoms with van der Waals surface area (Å²) in [6.07, 6.45) is 7.88. The Morgan fingerprint density at radius 1 is 0.923 bits per heavy atom. The third-order valence-corrected chi connectivity index (χ3v) is 4.63. The second kappa shape index (κ2) is 10.6. The molecule has 26 heavy (non-hydrogen) atoms. The van der Waals surface area contributed by atoms with E-state index in [9.17, 15) is 9.90 Å². The lowest BCUT2D eigenvalue weighted by atomic mass is 9.98. The van der Waals surface area contributed by atoms with Crippen LogP contribution in [0, 0.1) is 0 Å². The molecule has 140 valence electrons. The van der Waals surface area contributed by atoms with Crippen molar-refractivity contribution in [2.75, 3.05) is 6.61 Å². The van der Waals surface area contributed by atoms with Crippen LogP contribution in [-0.4, -0.2) is 17.5 Å². The lowest BCUT2D eigenvalue weighted by molar-refractivity contribution is 0.103. The maximum Gasteiger partial charge on any atom is 0.196 e. The molecule has 0 amide bonds. The summed E-state index contributed by atoms with van der Waals surface area (Å²) < 4.78 is 5.88. The number of aromatic hydroxyl groups is 1. The van der Waals surface area contributed by atoms with Gasteiger partial charge in [-0.1, -0.05) is 76.3 Å². The van der Waals surface area contributed by atoms with Crippen molar-refractivity contribution in [2.45, 2.75) is 58.8 Å². The highest BCUT2D eigenvalue weighted by Crippen LogP contribution is 2.33. The molecule has 0 fully saturated rings. The molecular formula is C23H30O3. The quantitative estimate of drug-likeness (QED) is 0.402. The summed E-state index contributed by atoms with van der Waals surface area (Å²) in [5.41, 5.74) is 1.61. The van der Waals surface area contributed by atoms with Crippen LogP contribution in [0.4, 0.5) is 0 Å². The largest absolute Gasteiger partial charge is 0.507 e. The zero-order valence-corrected chi connectivity index (χ0v) is 16.0. The van der Waals surface area contributed by atoms with Crippen molar-refractivity contribution in [3.05, 3.63) is 59.2 Å². The van der Waals surface area contributed by atoms with Crippen molar-refractivity contribution in [2.24, 2.45) is 0 Å². The van der Waals surface area contributed by atoms with Crippen LogP contribution in [-0.2, 0) is 6.42 Å². The first-order valence-electron chi connectivity index (χ1n) is 9.76. The molecule has 2 rings (SSSR count). The summed E-state index contributed by atoms with van der Waals surface area (Å²) in [5.74, 6) is 0.560. The van der Waals surface area contributed by atoms with Gasteiger partial charge in [-0.25, -0.2) is 0 Å². The Hall–Kier alpha value is -2.29. The van der Waals surface area contributed by atoms with Crippen molar-refractivity contribution in [1.29, 1.82) is 0 Å². The Labute approximate surface area is 157 Å². The normalized spacial score (nSPS) is 10.7. The average molecular weight is 354 g/mol. The number of phenolic OH excluding ortho intramolecular Hbond substituents is 1. The van der Waals surface area contributed by atoms with E-state index >= 15 is 0 Å². The van der Waals surface area contributed by atoms with Gasteiger partial charge in [0.25, 0.3) is 0 Å². The molecule has 3 heteroatoms. The standard InChI is InChI=1S/C23H30O3/c1-3-5-6-7-8-12-17-26-21-16-15-20(23(25)19(21)4-2)22(24)18-13-10-9-11-14-18/h9-11,13-16,25H,3-8,12,17H2,1-2H3. The van der Waals surface area contributed by atoms with Gasteiger partial charge in [-0.3, -0.25) is 4.79 Å². The average Bonchev–Trinajstić information content (AvgIpc) is 2.67. The first-order valence-corrected chi connectivity index (χ1v) is 9.76. The van der Waals surface area contributed by atoms with E-state index in [1.807, 2.05) is 31.2 Å². The Morgan fingerprint density at radius 2 is 1.62 bits per heavy atom. The molecule has 0 saturated heterocycles. The van der Waals surface area contributed by atoms with E-state index < -0.39 is 0 Å². The molecule has 0 aromatic heterocycles. The van der Waals surface area contributed by atoms with Crippen LogP contribution >= 0.6 is 0 Å². The third kappa shape index (κ3) is 5.35. The predicted octanol–water partition coefficient (Wildman–Crippen LogP) is 5.92. The minimum atomic E-state index is -0.166. The molecule has 0 saturated carbocycles. The molecule has 3 nitrogen and oxygen atoms in total. The zero-order chi connectivity index (χ0) is 18.8. The van der Waals surface area contributed by atoms with E-state index in [0.717, 1.165) is 12.8 Å². The van der Waals surface area contributed by atoms with Gasteiger partial charge in [-0.15, -0.1) is 0 Å². The highest BCUT2D eigenvalue weighted by molar-refractivity contribution is 6.11. The summed E-state index contributed by atoms with van der Waals surface area (Å²) >= 11 is 0. The van der Waals surface area contributed by atoms with Gasteiger partial charge in [0.15, 0.2) is 5.78 Å². The maximum atomic E-state index is 12.6. The van der Waals surface area contributed by atoms with Crippen LogP contribution < -0.4 is 4.74 Å². The summed E-state index contributed by atoms with van der Waals surface area (Å²) in [5, 5.41) is 10.6. The van der Waals surface area contributed by atoms with Gasteiger partial charge in [0.2, 0.25) is 0 Å². The summed E-state index contributed by atoms with van der Waals surface area (Å²) in [7, 11) is 0. The predicted molar refractivity (Wildman–Crippen MR) is 106 cm³/mol. The van der Waals surface area contributed by atoms with Gasteiger partial charge in [0, 0.05) is 11.1 Å². The Kier molecular flexibility index (Phi) is 8.20. The van der Waals surface area contributed by atoms with Crippen LogP contribution in [0.1, 0.15) is 73.9 Å². The summed E-state index contributed by atoms with van der Waals surface area (Å²) in [4.78, 5) is 12.6. The van der Waals surface area contributed by atoms with Crippen LogP contribution in [0.2, 0.25) is 0 Å². The highest BCUT2D eigenvalue weighted by Gasteiger charge is 2.18. The number of unbranched alkanes of at least 4 members (excludes halogenated alkanes) is 5. The molecule has 0 aliphatic heterocycles. The molecule has 0 radical (unpaired) electrons. The number of carbonyl (C=O) groups is 1. The Bertz CT molecular complexity index is 692. The minimum Gasteiger partial charge on any atom is -0.507 e. The minimum absolute atomic E-state index is 0.0433. The van der Waals surface area contributed by atoms with Crippen LogP contribution in [0.25, 0.3) is 0 Å².